The van der Waals surface area contributed by atoms with E-state index in [-0.39, 0.29) is 11.4 Å². The predicted octanol–water partition coefficient (Wildman–Crippen LogP) is 1.65. The first-order valence-corrected chi connectivity index (χ1v) is 6.75. The van der Waals surface area contributed by atoms with Crippen LogP contribution < -0.4 is 4.72 Å². The largest absolute Gasteiger partial charge is 0.380 e. The quantitative estimate of drug-likeness (QED) is 0.794. The molecule has 1 aromatic rings. The molecule has 0 unspecified atom stereocenters. The van der Waals surface area contributed by atoms with Crippen molar-refractivity contribution in [3.8, 4) is 0 Å². The monoisotopic (exact) mass is 263 g/mol. The molecular formula is C10H14ClNO3S. The highest BCUT2D eigenvalue weighted by Gasteiger charge is 2.12. The van der Waals surface area contributed by atoms with Gasteiger partial charge in [0.15, 0.2) is 0 Å². The lowest BCUT2D eigenvalue weighted by atomic mass is 10.4. The van der Waals surface area contributed by atoms with E-state index in [1.165, 1.54) is 12.1 Å². The number of sulfonamides is 1. The van der Waals surface area contributed by atoms with Gasteiger partial charge in [0.1, 0.15) is 0 Å². The van der Waals surface area contributed by atoms with Crippen molar-refractivity contribution in [1.82, 2.24) is 4.72 Å². The molecule has 0 aliphatic carbocycles. The van der Waals surface area contributed by atoms with Gasteiger partial charge in [-0.15, -0.1) is 0 Å². The van der Waals surface area contributed by atoms with Gasteiger partial charge in [0, 0.05) is 18.2 Å². The van der Waals surface area contributed by atoms with Crippen molar-refractivity contribution in [3.05, 3.63) is 29.3 Å². The normalized spacial score (nSPS) is 11.6. The van der Waals surface area contributed by atoms with Crippen LogP contribution in [-0.2, 0) is 14.8 Å². The molecule has 0 amide bonds. The van der Waals surface area contributed by atoms with Gasteiger partial charge in [0.05, 0.1) is 11.5 Å². The van der Waals surface area contributed by atoms with Gasteiger partial charge in [-0.25, -0.2) is 13.1 Å². The van der Waals surface area contributed by atoms with Crippen LogP contribution in [0, 0.1) is 0 Å². The van der Waals surface area contributed by atoms with Crippen LogP contribution >= 0.6 is 11.6 Å². The molecule has 0 fully saturated rings. The molecule has 0 aromatic heterocycles. The standard InChI is InChI=1S/C10H14ClNO3S/c1-2-15-8-7-12-16(13,14)10-5-3-9(11)4-6-10/h3-6,12H,2,7-8H2,1H3. The van der Waals surface area contributed by atoms with Gasteiger partial charge < -0.3 is 4.74 Å². The molecule has 0 heterocycles. The van der Waals surface area contributed by atoms with E-state index in [9.17, 15) is 8.42 Å². The second-order valence-corrected chi connectivity index (χ2v) is 5.25. The van der Waals surface area contributed by atoms with Gasteiger partial charge in [0.2, 0.25) is 10.0 Å². The molecule has 0 atom stereocenters. The van der Waals surface area contributed by atoms with Gasteiger partial charge in [-0.2, -0.15) is 0 Å². The lowest BCUT2D eigenvalue weighted by Crippen LogP contribution is -2.27. The average Bonchev–Trinajstić information content (AvgIpc) is 2.25. The summed E-state index contributed by atoms with van der Waals surface area (Å²) in [5.74, 6) is 0. The zero-order valence-electron chi connectivity index (χ0n) is 8.94. The maximum atomic E-state index is 11.7. The Morgan fingerprint density at radius 1 is 1.31 bits per heavy atom. The first-order chi connectivity index (χ1) is 7.56. The minimum atomic E-state index is -3.45. The van der Waals surface area contributed by atoms with E-state index in [2.05, 4.69) is 4.72 Å². The third-order valence-electron chi connectivity index (χ3n) is 1.87. The fraction of sp³-hybridized carbons (Fsp3) is 0.400. The molecule has 0 radical (unpaired) electrons. The van der Waals surface area contributed by atoms with Gasteiger partial charge in [-0.1, -0.05) is 11.6 Å². The Morgan fingerprint density at radius 3 is 2.50 bits per heavy atom. The highest BCUT2D eigenvalue weighted by molar-refractivity contribution is 7.89. The topological polar surface area (TPSA) is 55.4 Å². The Labute approximate surface area is 101 Å². The molecule has 0 saturated heterocycles. The zero-order chi connectivity index (χ0) is 12.0. The lowest BCUT2D eigenvalue weighted by Gasteiger charge is -2.06. The van der Waals surface area contributed by atoms with Crippen LogP contribution in [0.15, 0.2) is 29.2 Å². The van der Waals surface area contributed by atoms with E-state index in [0.717, 1.165) is 0 Å². The SMILES string of the molecule is CCOCCNS(=O)(=O)c1ccc(Cl)cc1. The number of hydrogen-bond acceptors (Lipinski definition) is 3. The van der Waals surface area contributed by atoms with Crippen LogP contribution in [0.3, 0.4) is 0 Å². The summed E-state index contributed by atoms with van der Waals surface area (Å²) < 4.78 is 30.9. The first-order valence-electron chi connectivity index (χ1n) is 4.89. The number of nitrogens with one attached hydrogen (secondary N) is 1. The summed E-state index contributed by atoms with van der Waals surface area (Å²) >= 11 is 5.67. The van der Waals surface area contributed by atoms with Gasteiger partial charge >= 0.3 is 0 Å². The smallest absolute Gasteiger partial charge is 0.240 e. The second-order valence-electron chi connectivity index (χ2n) is 3.05. The van der Waals surface area contributed by atoms with Crippen LogP contribution in [0.1, 0.15) is 6.92 Å². The summed E-state index contributed by atoms with van der Waals surface area (Å²) in [7, 11) is -3.45. The molecule has 90 valence electrons. The van der Waals surface area contributed by atoms with Gasteiger partial charge in [0.25, 0.3) is 0 Å². The van der Waals surface area contributed by atoms with Gasteiger partial charge in [-0.05, 0) is 31.2 Å². The van der Waals surface area contributed by atoms with Gasteiger partial charge in [-0.3, -0.25) is 0 Å². The minimum Gasteiger partial charge on any atom is -0.380 e. The molecule has 0 bridgehead atoms. The molecule has 1 N–H and O–H groups in total. The van der Waals surface area contributed by atoms with E-state index in [1.54, 1.807) is 12.1 Å². The Kier molecular flexibility index (Phi) is 5.21. The van der Waals surface area contributed by atoms with Crippen LogP contribution in [0.4, 0.5) is 0 Å². The van der Waals surface area contributed by atoms with Crippen LogP contribution in [-0.4, -0.2) is 28.2 Å². The Hall–Kier alpha value is -0.620. The zero-order valence-corrected chi connectivity index (χ0v) is 10.5. The summed E-state index contributed by atoms with van der Waals surface area (Å²) in [6.45, 7) is 3.05. The van der Waals surface area contributed by atoms with E-state index in [1.807, 2.05) is 6.92 Å². The van der Waals surface area contributed by atoms with Crippen LogP contribution in [0.5, 0.6) is 0 Å². The number of benzene rings is 1. The molecule has 1 rings (SSSR count). The van der Waals surface area contributed by atoms with Crippen molar-refractivity contribution in [2.24, 2.45) is 0 Å². The Morgan fingerprint density at radius 2 is 1.94 bits per heavy atom. The van der Waals surface area contributed by atoms with Crippen molar-refractivity contribution >= 4 is 21.6 Å². The van der Waals surface area contributed by atoms with E-state index < -0.39 is 10.0 Å². The maximum absolute atomic E-state index is 11.7. The highest BCUT2D eigenvalue weighted by atomic mass is 35.5. The minimum absolute atomic E-state index is 0.202. The average molecular weight is 264 g/mol. The number of hydrogen-bond donors (Lipinski definition) is 1. The van der Waals surface area contributed by atoms with Crippen molar-refractivity contribution < 1.29 is 13.2 Å². The molecule has 0 spiro atoms. The fourth-order valence-electron chi connectivity index (χ4n) is 1.09. The summed E-state index contributed by atoms with van der Waals surface area (Å²) in [5.41, 5.74) is 0. The van der Waals surface area contributed by atoms with E-state index >= 15 is 0 Å². The third kappa shape index (κ3) is 4.09. The maximum Gasteiger partial charge on any atom is 0.240 e. The molecule has 6 heteroatoms. The van der Waals surface area contributed by atoms with E-state index in [4.69, 9.17) is 16.3 Å². The lowest BCUT2D eigenvalue weighted by molar-refractivity contribution is 0.153. The summed E-state index contributed by atoms with van der Waals surface area (Å²) in [6, 6.07) is 6.01. The third-order valence-corrected chi connectivity index (χ3v) is 3.60. The molecule has 1 aromatic carbocycles. The summed E-state index contributed by atoms with van der Waals surface area (Å²) in [4.78, 5) is 0.202. The summed E-state index contributed by atoms with van der Waals surface area (Å²) in [5, 5.41) is 0.508. The molecule has 0 aliphatic rings. The van der Waals surface area contributed by atoms with Crippen molar-refractivity contribution in [2.45, 2.75) is 11.8 Å². The highest BCUT2D eigenvalue weighted by Crippen LogP contribution is 2.13. The summed E-state index contributed by atoms with van der Waals surface area (Å²) in [6.07, 6.45) is 0. The number of halogens is 1. The van der Waals surface area contributed by atoms with Crippen molar-refractivity contribution in [3.63, 3.8) is 0 Å². The van der Waals surface area contributed by atoms with Crippen molar-refractivity contribution in [1.29, 1.82) is 0 Å². The molecule has 0 saturated carbocycles. The first kappa shape index (κ1) is 13.4. The van der Waals surface area contributed by atoms with Crippen molar-refractivity contribution in [2.75, 3.05) is 19.8 Å². The Bertz CT molecular complexity index is 416. The van der Waals surface area contributed by atoms with E-state index in [0.29, 0.717) is 18.2 Å². The molecule has 16 heavy (non-hydrogen) atoms. The van der Waals surface area contributed by atoms with Crippen LogP contribution in [0.25, 0.3) is 0 Å². The number of rotatable bonds is 6. The molecular weight excluding hydrogens is 250 g/mol. The second kappa shape index (κ2) is 6.20. The fourth-order valence-corrected chi connectivity index (χ4v) is 2.23. The van der Waals surface area contributed by atoms with Crippen LogP contribution in [0.2, 0.25) is 5.02 Å². The predicted molar refractivity (Wildman–Crippen MR) is 63.1 cm³/mol. The molecule has 0 aliphatic heterocycles. The molecule has 4 nitrogen and oxygen atoms in total. The number of ether oxygens (including phenoxy) is 1. The Balaban J connectivity index is 2.60.